The van der Waals surface area contributed by atoms with Gasteiger partial charge in [-0.15, -0.1) is 0 Å². The van der Waals surface area contributed by atoms with Crippen molar-refractivity contribution in [2.75, 3.05) is 11.9 Å². The van der Waals surface area contributed by atoms with Gasteiger partial charge in [0.1, 0.15) is 0 Å². The molecule has 30 heavy (non-hydrogen) atoms. The van der Waals surface area contributed by atoms with Crippen LogP contribution in [0.4, 0.5) is 5.69 Å². The quantitative estimate of drug-likeness (QED) is 0.534. The van der Waals surface area contributed by atoms with E-state index in [0.717, 1.165) is 51.5 Å². The molecular formula is C24H23BrN2O3. The van der Waals surface area contributed by atoms with Crippen LogP contribution in [0.3, 0.4) is 0 Å². The number of fused-ring (bicyclic) bond motifs is 2. The minimum Gasteiger partial charge on any atom is -0.452 e. The molecule has 1 atom stereocenters. The molecule has 2 aromatic carbocycles. The van der Waals surface area contributed by atoms with Crippen LogP contribution in [0.2, 0.25) is 0 Å². The number of anilines is 1. The van der Waals surface area contributed by atoms with Crippen LogP contribution in [-0.4, -0.2) is 23.5 Å². The largest absolute Gasteiger partial charge is 0.452 e. The molecule has 0 spiro atoms. The number of rotatable bonds is 4. The first-order valence-corrected chi connectivity index (χ1v) is 10.9. The maximum Gasteiger partial charge on any atom is 0.339 e. The summed E-state index contributed by atoms with van der Waals surface area (Å²) in [4.78, 5) is 30.2. The summed E-state index contributed by atoms with van der Waals surface area (Å²) < 4.78 is 6.41. The minimum atomic E-state index is -0.471. The number of nitrogens with zero attached hydrogens (tertiary/aromatic N) is 1. The number of nitrogens with one attached hydrogen (secondary N) is 1. The van der Waals surface area contributed by atoms with E-state index in [1.807, 2.05) is 43.3 Å². The summed E-state index contributed by atoms with van der Waals surface area (Å²) in [5.41, 5.74) is 4.93. The molecule has 6 heteroatoms. The number of para-hydroxylation sites is 1. The summed E-state index contributed by atoms with van der Waals surface area (Å²) in [7, 11) is 0. The van der Waals surface area contributed by atoms with Crippen molar-refractivity contribution >= 4 is 44.4 Å². The number of halogens is 1. The molecule has 5 nitrogen and oxygen atoms in total. The zero-order chi connectivity index (χ0) is 21.3. The predicted octanol–water partition coefficient (Wildman–Crippen LogP) is 5.23. The second kappa shape index (κ2) is 8.56. The number of carbonyl (C=O) groups is 2. The van der Waals surface area contributed by atoms with Gasteiger partial charge >= 0.3 is 5.97 Å². The molecule has 1 amide bonds. The molecule has 154 valence electrons. The molecular weight excluding hydrogens is 444 g/mol. The van der Waals surface area contributed by atoms with Gasteiger partial charge < -0.3 is 10.1 Å². The SMILES string of the molecule is Cc1cc(NC(=O)COC(=O)c2c3c(nc4ccccc24)CCC(C)C3)ccc1Br. The fourth-order valence-corrected chi connectivity index (χ4v) is 4.17. The number of carbonyl (C=O) groups excluding carboxylic acids is 2. The van der Waals surface area contributed by atoms with Gasteiger partial charge in [-0.05, 0) is 67.5 Å². The van der Waals surface area contributed by atoms with Crippen LogP contribution in [0, 0.1) is 12.8 Å². The first-order chi connectivity index (χ1) is 14.4. The zero-order valence-electron chi connectivity index (χ0n) is 17.0. The van der Waals surface area contributed by atoms with Gasteiger partial charge in [-0.25, -0.2) is 4.79 Å². The molecule has 1 aromatic heterocycles. The number of esters is 1. The first-order valence-electron chi connectivity index (χ1n) is 10.1. The van der Waals surface area contributed by atoms with Crippen LogP contribution in [0.15, 0.2) is 46.9 Å². The number of pyridine rings is 1. The lowest BCUT2D eigenvalue weighted by molar-refractivity contribution is -0.119. The summed E-state index contributed by atoms with van der Waals surface area (Å²) in [6.07, 6.45) is 2.70. The molecule has 0 radical (unpaired) electrons. The Morgan fingerprint density at radius 2 is 2.03 bits per heavy atom. The normalized spacial score (nSPS) is 15.5. The van der Waals surface area contributed by atoms with E-state index in [0.29, 0.717) is 17.2 Å². The summed E-state index contributed by atoms with van der Waals surface area (Å²) in [5, 5.41) is 3.55. The van der Waals surface area contributed by atoms with Gasteiger partial charge in [-0.1, -0.05) is 41.1 Å². The Bertz CT molecular complexity index is 1140. The lowest BCUT2D eigenvalue weighted by atomic mass is 9.84. The van der Waals surface area contributed by atoms with E-state index in [2.05, 4.69) is 28.2 Å². The van der Waals surface area contributed by atoms with Crippen LogP contribution in [-0.2, 0) is 22.4 Å². The minimum absolute atomic E-state index is 0.338. The van der Waals surface area contributed by atoms with Crippen LogP contribution in [0.1, 0.15) is 40.5 Å². The summed E-state index contributed by atoms with van der Waals surface area (Å²) >= 11 is 3.44. The highest BCUT2D eigenvalue weighted by Crippen LogP contribution is 2.32. The topological polar surface area (TPSA) is 68.3 Å². The zero-order valence-corrected chi connectivity index (χ0v) is 18.6. The molecule has 0 saturated carbocycles. The average molecular weight is 467 g/mol. The van der Waals surface area contributed by atoms with Crippen molar-refractivity contribution in [2.45, 2.75) is 33.1 Å². The van der Waals surface area contributed by atoms with Crippen molar-refractivity contribution in [1.82, 2.24) is 4.98 Å². The second-order valence-corrected chi connectivity index (χ2v) is 8.72. The number of aromatic nitrogens is 1. The maximum absolute atomic E-state index is 13.1. The van der Waals surface area contributed by atoms with Gasteiger partial charge in [0.2, 0.25) is 0 Å². The summed E-state index contributed by atoms with van der Waals surface area (Å²) in [5.74, 6) is -0.359. The van der Waals surface area contributed by atoms with E-state index in [1.54, 1.807) is 6.07 Å². The Balaban J connectivity index is 1.55. The molecule has 1 heterocycles. The van der Waals surface area contributed by atoms with Crippen LogP contribution >= 0.6 is 15.9 Å². The fraction of sp³-hybridized carbons (Fsp3) is 0.292. The van der Waals surface area contributed by atoms with Gasteiger partial charge in [0.25, 0.3) is 5.91 Å². The number of aryl methyl sites for hydroxylation is 2. The average Bonchev–Trinajstić information content (AvgIpc) is 2.73. The third-order valence-corrected chi connectivity index (χ3v) is 6.38. The van der Waals surface area contributed by atoms with Gasteiger partial charge in [0.05, 0.1) is 11.1 Å². The van der Waals surface area contributed by atoms with Crippen LogP contribution in [0.25, 0.3) is 10.9 Å². The van der Waals surface area contributed by atoms with E-state index >= 15 is 0 Å². The Hall–Kier alpha value is -2.73. The maximum atomic E-state index is 13.1. The molecule has 1 N–H and O–H groups in total. The Labute approximate surface area is 184 Å². The number of hydrogen-bond donors (Lipinski definition) is 1. The van der Waals surface area contributed by atoms with Crippen molar-refractivity contribution < 1.29 is 14.3 Å². The lowest BCUT2D eigenvalue weighted by Gasteiger charge is -2.24. The van der Waals surface area contributed by atoms with Crippen molar-refractivity contribution in [2.24, 2.45) is 5.92 Å². The third kappa shape index (κ3) is 4.24. The highest BCUT2D eigenvalue weighted by atomic mass is 79.9. The monoisotopic (exact) mass is 466 g/mol. The Morgan fingerprint density at radius 3 is 2.83 bits per heavy atom. The van der Waals surface area contributed by atoms with Gasteiger partial charge in [0.15, 0.2) is 6.61 Å². The highest BCUT2D eigenvalue weighted by Gasteiger charge is 2.26. The summed E-state index contributed by atoms with van der Waals surface area (Å²) in [6.45, 7) is 3.79. The lowest BCUT2D eigenvalue weighted by Crippen LogP contribution is -2.23. The van der Waals surface area contributed by atoms with Crippen molar-refractivity contribution in [3.8, 4) is 0 Å². The number of ether oxygens (including phenoxy) is 1. The first kappa shape index (κ1) is 20.5. The van der Waals surface area contributed by atoms with Crippen molar-refractivity contribution in [1.29, 1.82) is 0 Å². The molecule has 0 bridgehead atoms. The molecule has 1 aliphatic carbocycles. The third-order valence-electron chi connectivity index (χ3n) is 5.49. The molecule has 1 aliphatic rings. The summed E-state index contributed by atoms with van der Waals surface area (Å²) in [6, 6.07) is 13.1. The van der Waals surface area contributed by atoms with Gasteiger partial charge in [0, 0.05) is 21.2 Å². The molecule has 1 unspecified atom stereocenters. The standard InChI is InChI=1S/C24H23BrN2O3/c1-14-7-10-21-18(11-14)23(17-5-3-4-6-20(17)27-21)24(29)30-13-22(28)26-16-8-9-19(25)15(2)12-16/h3-6,8-9,12,14H,7,10-11,13H2,1-2H3,(H,26,28). The van der Waals surface area contributed by atoms with E-state index in [-0.39, 0.29) is 12.5 Å². The van der Waals surface area contributed by atoms with E-state index in [1.165, 1.54) is 0 Å². The van der Waals surface area contributed by atoms with E-state index < -0.39 is 5.97 Å². The van der Waals surface area contributed by atoms with Crippen LogP contribution in [0.5, 0.6) is 0 Å². The second-order valence-electron chi connectivity index (χ2n) is 7.87. The molecule has 3 aromatic rings. The van der Waals surface area contributed by atoms with Gasteiger partial charge in [-0.2, -0.15) is 0 Å². The molecule has 4 rings (SSSR count). The smallest absolute Gasteiger partial charge is 0.339 e. The van der Waals surface area contributed by atoms with Gasteiger partial charge in [-0.3, -0.25) is 9.78 Å². The predicted molar refractivity (Wildman–Crippen MR) is 121 cm³/mol. The van der Waals surface area contributed by atoms with E-state index in [4.69, 9.17) is 9.72 Å². The molecule has 0 saturated heterocycles. The fourth-order valence-electron chi connectivity index (χ4n) is 3.92. The highest BCUT2D eigenvalue weighted by molar-refractivity contribution is 9.10. The number of benzene rings is 2. The van der Waals surface area contributed by atoms with Crippen LogP contribution < -0.4 is 5.32 Å². The Morgan fingerprint density at radius 1 is 1.23 bits per heavy atom. The number of amides is 1. The van der Waals surface area contributed by atoms with Crippen molar-refractivity contribution in [3.05, 3.63) is 69.3 Å². The molecule has 0 aliphatic heterocycles. The molecule has 0 fully saturated rings. The van der Waals surface area contributed by atoms with Crippen molar-refractivity contribution in [3.63, 3.8) is 0 Å². The number of hydrogen-bond acceptors (Lipinski definition) is 4. The Kier molecular flexibility index (Phi) is 5.86. The van der Waals surface area contributed by atoms with E-state index in [9.17, 15) is 9.59 Å².